The van der Waals surface area contributed by atoms with Gasteiger partial charge in [-0.3, -0.25) is 54.0 Å². The molecule has 2 amide bonds. The van der Waals surface area contributed by atoms with Gasteiger partial charge < -0.3 is 9.72 Å². The minimum atomic E-state index is -2.00. The van der Waals surface area contributed by atoms with Gasteiger partial charge in [-0.2, -0.15) is 4.98 Å². The first-order valence-electron chi connectivity index (χ1n) is 9.80. The molecule has 0 radical (unpaired) electrons. The van der Waals surface area contributed by atoms with Gasteiger partial charge in [0.15, 0.2) is 5.82 Å². The van der Waals surface area contributed by atoms with E-state index in [0.29, 0.717) is 0 Å². The fourth-order valence-corrected chi connectivity index (χ4v) is 3.85. The maximum Gasteiger partial charge on any atom is 0.351 e. The van der Waals surface area contributed by atoms with Crippen LogP contribution >= 0.6 is 23.2 Å². The number of methoxy groups -OCH3 is 1. The number of aromatic nitrogens is 2. The summed E-state index contributed by atoms with van der Waals surface area (Å²) in [6.07, 6.45) is 0. The minimum Gasteiger partial charge on any atom is -0.480 e. The van der Waals surface area contributed by atoms with E-state index in [1.807, 2.05) is 0 Å². The molecule has 4 rings (SSSR count). The third-order valence-electron chi connectivity index (χ3n) is 5.32. The number of fused-ring (bicyclic) bond motifs is 2. The average Bonchev–Trinajstić information content (AvgIpc) is 2.82. The molecule has 0 saturated heterocycles. The van der Waals surface area contributed by atoms with Crippen molar-refractivity contribution in [1.82, 2.24) is 9.97 Å². The molecule has 2 unspecified atom stereocenters. The summed E-state index contributed by atoms with van der Waals surface area (Å²) in [5.74, 6) is -3.93. The Morgan fingerprint density at radius 3 is 1.89 bits per heavy atom. The van der Waals surface area contributed by atoms with Crippen molar-refractivity contribution < 1.29 is 33.8 Å². The third kappa shape index (κ3) is 4.58. The van der Waals surface area contributed by atoms with Gasteiger partial charge in [-0.15, -0.1) is 0 Å². The third-order valence-corrected chi connectivity index (χ3v) is 5.87. The first-order valence-corrected chi connectivity index (χ1v) is 10.6. The van der Waals surface area contributed by atoms with Gasteiger partial charge in [-0.1, -0.05) is 23.2 Å². The Hall–Kier alpha value is -4.44. The van der Waals surface area contributed by atoms with Crippen molar-refractivity contribution in [2.45, 2.75) is 12.1 Å². The predicted molar refractivity (Wildman–Crippen MR) is 125 cm³/mol. The lowest BCUT2D eigenvalue weighted by Gasteiger charge is -2.25. The average molecular weight is 557 g/mol. The van der Waals surface area contributed by atoms with Crippen LogP contribution in [0.5, 0.6) is 5.88 Å². The first-order chi connectivity index (χ1) is 17.2. The van der Waals surface area contributed by atoms with Crippen molar-refractivity contribution in [2.24, 2.45) is 0 Å². The highest BCUT2D eigenvalue weighted by molar-refractivity contribution is 6.33. The Labute approximate surface area is 215 Å². The molecule has 0 saturated carbocycles. The normalized spacial score (nSPS) is 18.5. The van der Waals surface area contributed by atoms with E-state index in [4.69, 9.17) is 27.9 Å². The highest BCUT2D eigenvalue weighted by atomic mass is 35.5. The van der Waals surface area contributed by atoms with Crippen LogP contribution in [-0.2, 0) is 9.59 Å². The van der Waals surface area contributed by atoms with E-state index in [-0.39, 0.29) is 38.7 Å². The number of nitrogens with zero attached hydrogens (tertiary/aromatic N) is 5. The van der Waals surface area contributed by atoms with Crippen molar-refractivity contribution >= 4 is 58.2 Å². The fourth-order valence-electron chi connectivity index (χ4n) is 3.46. The zero-order valence-electron chi connectivity index (χ0n) is 18.9. The van der Waals surface area contributed by atoms with Crippen molar-refractivity contribution in [1.29, 1.82) is 0 Å². The molecule has 0 spiro atoms. The maximum absolute atomic E-state index is 11.9. The van der Waals surface area contributed by atoms with Gasteiger partial charge in [0.25, 0.3) is 5.56 Å². The fraction of sp³-hybridized carbons (Fsp3) is 0.263. The molecule has 37 heavy (non-hydrogen) atoms. The first kappa shape index (κ1) is 27.2. The maximum atomic E-state index is 11.9. The van der Waals surface area contributed by atoms with Crippen LogP contribution in [0.1, 0.15) is 20.7 Å². The summed E-state index contributed by atoms with van der Waals surface area (Å²) in [4.78, 5) is 86.0. The summed E-state index contributed by atoms with van der Waals surface area (Å²) in [5.41, 5.74) is -0.902. The van der Waals surface area contributed by atoms with Gasteiger partial charge in [0.1, 0.15) is 15.9 Å². The number of pyridine rings is 2. The summed E-state index contributed by atoms with van der Waals surface area (Å²) in [6.45, 7) is 0. The van der Waals surface area contributed by atoms with Crippen LogP contribution in [0.15, 0.2) is 16.9 Å². The van der Waals surface area contributed by atoms with E-state index >= 15 is 0 Å². The molecule has 2 aromatic heterocycles. The number of carbonyl (C=O) groups excluding carboxylic acids is 4. The summed E-state index contributed by atoms with van der Waals surface area (Å²) < 4.78 is 4.88. The van der Waals surface area contributed by atoms with Crippen LogP contribution in [0.2, 0.25) is 10.0 Å². The zero-order valence-corrected chi connectivity index (χ0v) is 20.4. The lowest BCUT2D eigenvalue weighted by Crippen LogP contribution is -2.51. The molecular formula is C19H14Cl2N6O10. The van der Waals surface area contributed by atoms with Crippen LogP contribution in [-0.4, -0.2) is 76.5 Å². The van der Waals surface area contributed by atoms with Gasteiger partial charge >= 0.3 is 23.9 Å². The number of likely N-dealkylation sites (N-methyl/N-ethyl adjacent to an activating group) is 2. The number of nitrogens with one attached hydrogen (secondary N) is 1. The monoisotopic (exact) mass is 556 g/mol. The lowest BCUT2D eigenvalue weighted by molar-refractivity contribution is -0.491. The summed E-state index contributed by atoms with van der Waals surface area (Å²) in [5, 5.41) is 21.3. The minimum absolute atomic E-state index is 0.00523. The smallest absolute Gasteiger partial charge is 0.351 e. The summed E-state index contributed by atoms with van der Waals surface area (Å²) in [7, 11) is 3.85. The molecule has 2 aromatic rings. The molecule has 0 bridgehead atoms. The predicted octanol–water partition coefficient (Wildman–Crippen LogP) is 0.381. The molecule has 16 nitrogen and oxygen atoms in total. The number of Topliss-reactive ketones (excluding diaryl/α,β-unsaturated/α-hetero) is 2. The van der Waals surface area contributed by atoms with Crippen molar-refractivity contribution in [3.05, 3.63) is 63.9 Å². The number of halogens is 2. The van der Waals surface area contributed by atoms with Crippen molar-refractivity contribution in [3.8, 4) is 5.88 Å². The van der Waals surface area contributed by atoms with Gasteiger partial charge in [-0.05, 0) is 12.1 Å². The van der Waals surface area contributed by atoms with Crippen molar-refractivity contribution in [2.75, 3.05) is 31.0 Å². The van der Waals surface area contributed by atoms with Crippen LogP contribution in [0, 0.1) is 20.2 Å². The van der Waals surface area contributed by atoms with E-state index in [0.717, 1.165) is 15.9 Å². The van der Waals surface area contributed by atoms with Gasteiger partial charge in [-0.25, -0.2) is 0 Å². The van der Waals surface area contributed by atoms with Gasteiger partial charge in [0, 0.05) is 23.9 Å². The number of aromatic amines is 1. The molecule has 1 N–H and O–H groups in total. The van der Waals surface area contributed by atoms with Crippen LogP contribution in [0.3, 0.4) is 0 Å². The number of H-pyrrole nitrogens is 1. The number of ketones is 2. The number of nitro groups is 2. The molecule has 0 aliphatic carbocycles. The highest BCUT2D eigenvalue weighted by Gasteiger charge is 2.48. The molecule has 0 aromatic carbocycles. The Kier molecular flexibility index (Phi) is 7.27. The molecule has 2 aliphatic rings. The van der Waals surface area contributed by atoms with E-state index in [9.17, 15) is 44.2 Å². The van der Waals surface area contributed by atoms with Crippen LogP contribution < -0.4 is 20.1 Å². The second kappa shape index (κ2) is 9.90. The lowest BCUT2D eigenvalue weighted by atomic mass is 9.99. The number of amides is 2. The highest BCUT2D eigenvalue weighted by Crippen LogP contribution is 2.33. The zero-order chi connectivity index (χ0) is 27.9. The number of rotatable bonds is 3. The quantitative estimate of drug-likeness (QED) is 0.309. The van der Waals surface area contributed by atoms with Crippen LogP contribution in [0.25, 0.3) is 0 Å². The molecule has 2 atom stereocenters. The number of hydrogen-bond donors (Lipinski definition) is 1. The van der Waals surface area contributed by atoms with E-state index in [2.05, 4.69) is 9.97 Å². The molecule has 2 aliphatic heterocycles. The molecule has 0 fully saturated rings. The number of hydrogen-bond acceptors (Lipinski definition) is 11. The topological polar surface area (TPSA) is 216 Å². The second-order valence-electron chi connectivity index (χ2n) is 7.46. The molecule has 18 heteroatoms. The van der Waals surface area contributed by atoms with E-state index in [1.165, 1.54) is 27.3 Å². The molecule has 4 heterocycles. The number of ether oxygens (including phenoxy) is 1. The van der Waals surface area contributed by atoms with Gasteiger partial charge in [0.2, 0.25) is 17.4 Å². The van der Waals surface area contributed by atoms with E-state index in [1.54, 1.807) is 0 Å². The number of carbonyl (C=O) groups is 4. The largest absolute Gasteiger partial charge is 0.480 e. The number of anilines is 2. The molecule has 194 valence electrons. The second-order valence-corrected chi connectivity index (χ2v) is 8.27. The Morgan fingerprint density at radius 1 is 0.892 bits per heavy atom. The van der Waals surface area contributed by atoms with Gasteiger partial charge in [0.05, 0.1) is 18.2 Å². The summed E-state index contributed by atoms with van der Waals surface area (Å²) in [6, 6.07) is -1.71. The van der Waals surface area contributed by atoms with E-state index < -0.39 is 50.9 Å². The molecular weight excluding hydrogens is 543 g/mol. The Balaban J connectivity index is 0.000000206. The Bertz CT molecular complexity index is 1460. The van der Waals surface area contributed by atoms with Crippen molar-refractivity contribution in [3.63, 3.8) is 0 Å². The summed E-state index contributed by atoms with van der Waals surface area (Å²) >= 11 is 11.4. The Morgan fingerprint density at radius 2 is 1.38 bits per heavy atom. The standard InChI is InChI=1S/C10H8ClN3O5.C9H6ClN3O5/c1-13-8-4(3-5(11)9(12-8)19-2)7(15)6(10(13)16)14(17)18;1-12-7-3(2-4(10)8(15)11-7)6(14)5(9(12)16)13(17)18/h3,6H,1-2H3;2,5H,1H3,(H,11,15). The SMILES string of the molecule is CN1C(=O)C([N+](=O)[O-])C(=O)c2cc(Cl)c(=O)[nH]c21.COc1nc2c(cc1Cl)C(=O)C([N+](=O)[O-])C(=O)N2C. The van der Waals surface area contributed by atoms with Crippen LogP contribution in [0.4, 0.5) is 11.6 Å².